The molecule has 20 heavy (non-hydrogen) atoms. The van der Waals surface area contributed by atoms with Crippen molar-refractivity contribution in [1.82, 2.24) is 4.57 Å². The van der Waals surface area contributed by atoms with Gasteiger partial charge in [-0.1, -0.05) is 15.9 Å². The number of carbonyl (C=O) groups is 1. The molecule has 0 spiro atoms. The number of carbonyl (C=O) groups excluding carboxylic acids is 1. The molecule has 104 valence electrons. The molecule has 0 aliphatic heterocycles. The SMILES string of the molecule is Cc1cc(NC(=O)c2cccn2C2CC2)cc(C)c1Br. The maximum atomic E-state index is 12.4. The van der Waals surface area contributed by atoms with Crippen LogP contribution in [0.25, 0.3) is 0 Å². The lowest BCUT2D eigenvalue weighted by Crippen LogP contribution is -2.16. The van der Waals surface area contributed by atoms with Gasteiger partial charge < -0.3 is 9.88 Å². The van der Waals surface area contributed by atoms with Gasteiger partial charge in [-0.2, -0.15) is 0 Å². The number of amides is 1. The monoisotopic (exact) mass is 332 g/mol. The average Bonchev–Trinajstić information content (AvgIpc) is 3.13. The smallest absolute Gasteiger partial charge is 0.272 e. The highest BCUT2D eigenvalue weighted by Crippen LogP contribution is 2.36. The fourth-order valence-electron chi connectivity index (χ4n) is 2.47. The van der Waals surface area contributed by atoms with Gasteiger partial charge in [0, 0.05) is 22.4 Å². The number of halogens is 1. The number of benzene rings is 1. The largest absolute Gasteiger partial charge is 0.340 e. The molecule has 1 N–H and O–H groups in total. The Morgan fingerprint density at radius 2 is 1.95 bits per heavy atom. The van der Waals surface area contributed by atoms with Crippen LogP contribution in [-0.2, 0) is 0 Å². The van der Waals surface area contributed by atoms with Crippen LogP contribution in [-0.4, -0.2) is 10.5 Å². The third-order valence-electron chi connectivity index (χ3n) is 3.65. The first-order chi connectivity index (χ1) is 9.56. The minimum atomic E-state index is -0.0389. The van der Waals surface area contributed by atoms with Crippen LogP contribution in [0.2, 0.25) is 0 Å². The van der Waals surface area contributed by atoms with E-state index in [1.807, 2.05) is 44.3 Å². The maximum Gasteiger partial charge on any atom is 0.272 e. The lowest BCUT2D eigenvalue weighted by atomic mass is 10.1. The lowest BCUT2D eigenvalue weighted by Gasteiger charge is -2.11. The van der Waals surface area contributed by atoms with Crippen molar-refractivity contribution in [3.63, 3.8) is 0 Å². The zero-order valence-corrected chi connectivity index (χ0v) is 13.2. The highest BCUT2D eigenvalue weighted by atomic mass is 79.9. The van der Waals surface area contributed by atoms with Crippen LogP contribution in [0.5, 0.6) is 0 Å². The van der Waals surface area contributed by atoms with Crippen molar-refractivity contribution in [2.45, 2.75) is 32.7 Å². The normalized spacial score (nSPS) is 14.3. The molecule has 1 heterocycles. The molecule has 3 nitrogen and oxygen atoms in total. The zero-order valence-electron chi connectivity index (χ0n) is 11.6. The van der Waals surface area contributed by atoms with E-state index < -0.39 is 0 Å². The predicted octanol–water partition coefficient (Wildman–Crippen LogP) is 4.45. The highest BCUT2D eigenvalue weighted by Gasteiger charge is 2.26. The van der Waals surface area contributed by atoms with Crippen molar-refractivity contribution in [2.75, 3.05) is 5.32 Å². The second kappa shape index (κ2) is 5.09. The van der Waals surface area contributed by atoms with Crippen molar-refractivity contribution in [2.24, 2.45) is 0 Å². The summed E-state index contributed by atoms with van der Waals surface area (Å²) in [6, 6.07) is 8.30. The Kier molecular flexibility index (Phi) is 3.42. The van der Waals surface area contributed by atoms with Gasteiger partial charge in [0.25, 0.3) is 5.91 Å². The van der Waals surface area contributed by atoms with Gasteiger partial charge in [-0.25, -0.2) is 0 Å². The Bertz CT molecular complexity index is 648. The van der Waals surface area contributed by atoms with E-state index in [4.69, 9.17) is 0 Å². The number of aromatic nitrogens is 1. The van der Waals surface area contributed by atoms with Gasteiger partial charge in [0.05, 0.1) is 0 Å². The number of hydrogen-bond acceptors (Lipinski definition) is 1. The van der Waals surface area contributed by atoms with Gasteiger partial charge in [0.2, 0.25) is 0 Å². The zero-order chi connectivity index (χ0) is 14.3. The summed E-state index contributed by atoms with van der Waals surface area (Å²) in [4.78, 5) is 12.4. The molecule has 3 rings (SSSR count). The number of nitrogens with one attached hydrogen (secondary N) is 1. The van der Waals surface area contributed by atoms with Gasteiger partial charge in [-0.05, 0) is 62.1 Å². The van der Waals surface area contributed by atoms with Crippen molar-refractivity contribution in [3.05, 3.63) is 51.8 Å². The van der Waals surface area contributed by atoms with E-state index in [1.165, 1.54) is 12.8 Å². The quantitative estimate of drug-likeness (QED) is 0.884. The molecule has 1 aliphatic rings. The Balaban J connectivity index is 1.84. The molecule has 0 radical (unpaired) electrons. The van der Waals surface area contributed by atoms with Crippen LogP contribution in [0.3, 0.4) is 0 Å². The van der Waals surface area contributed by atoms with Gasteiger partial charge in [-0.15, -0.1) is 0 Å². The third-order valence-corrected chi connectivity index (χ3v) is 4.90. The van der Waals surface area contributed by atoms with Gasteiger partial charge >= 0.3 is 0 Å². The van der Waals surface area contributed by atoms with E-state index >= 15 is 0 Å². The van der Waals surface area contributed by atoms with Crippen LogP contribution in [0.1, 0.15) is 40.5 Å². The predicted molar refractivity (Wildman–Crippen MR) is 84.3 cm³/mol. The van der Waals surface area contributed by atoms with Crippen LogP contribution in [0.15, 0.2) is 34.9 Å². The van der Waals surface area contributed by atoms with E-state index in [9.17, 15) is 4.79 Å². The molecule has 1 aliphatic carbocycles. The average molecular weight is 333 g/mol. The lowest BCUT2D eigenvalue weighted by molar-refractivity contribution is 0.101. The van der Waals surface area contributed by atoms with Crippen molar-refractivity contribution >= 4 is 27.5 Å². The summed E-state index contributed by atoms with van der Waals surface area (Å²) < 4.78 is 3.17. The number of aryl methyl sites for hydroxylation is 2. The van der Waals surface area contributed by atoms with E-state index in [-0.39, 0.29) is 5.91 Å². The van der Waals surface area contributed by atoms with Crippen molar-refractivity contribution in [1.29, 1.82) is 0 Å². The second-order valence-electron chi connectivity index (χ2n) is 5.41. The van der Waals surface area contributed by atoms with Crippen molar-refractivity contribution in [3.8, 4) is 0 Å². The summed E-state index contributed by atoms with van der Waals surface area (Å²) in [6.45, 7) is 4.05. The Morgan fingerprint density at radius 3 is 2.55 bits per heavy atom. The first-order valence-electron chi connectivity index (χ1n) is 6.81. The van der Waals surface area contributed by atoms with E-state index in [0.717, 1.165) is 27.0 Å². The van der Waals surface area contributed by atoms with Crippen LogP contribution in [0, 0.1) is 13.8 Å². The molecule has 1 aromatic carbocycles. The summed E-state index contributed by atoms with van der Waals surface area (Å²) in [7, 11) is 0. The molecular formula is C16H17BrN2O. The number of rotatable bonds is 3. The summed E-state index contributed by atoms with van der Waals surface area (Å²) in [6.07, 6.45) is 4.33. The van der Waals surface area contributed by atoms with Gasteiger partial charge in [-0.3, -0.25) is 4.79 Å². The fraction of sp³-hybridized carbons (Fsp3) is 0.312. The van der Waals surface area contributed by atoms with Gasteiger partial charge in [0.1, 0.15) is 5.69 Å². The summed E-state index contributed by atoms with van der Waals surface area (Å²) in [5, 5.41) is 3.00. The van der Waals surface area contributed by atoms with E-state index in [0.29, 0.717) is 6.04 Å². The Hall–Kier alpha value is -1.55. The van der Waals surface area contributed by atoms with Gasteiger partial charge in [0.15, 0.2) is 0 Å². The van der Waals surface area contributed by atoms with Crippen LogP contribution < -0.4 is 5.32 Å². The van der Waals surface area contributed by atoms with E-state index in [1.54, 1.807) is 0 Å². The van der Waals surface area contributed by atoms with E-state index in [2.05, 4.69) is 25.8 Å². The highest BCUT2D eigenvalue weighted by molar-refractivity contribution is 9.10. The molecule has 2 aromatic rings. The number of anilines is 1. The topological polar surface area (TPSA) is 34.0 Å². The molecule has 0 atom stereocenters. The molecule has 1 aromatic heterocycles. The molecular weight excluding hydrogens is 316 g/mol. The molecule has 1 amide bonds. The Morgan fingerprint density at radius 1 is 1.30 bits per heavy atom. The van der Waals surface area contributed by atoms with Crippen molar-refractivity contribution < 1.29 is 4.79 Å². The summed E-state index contributed by atoms with van der Waals surface area (Å²) in [5.41, 5.74) is 3.83. The minimum Gasteiger partial charge on any atom is -0.340 e. The molecule has 0 bridgehead atoms. The minimum absolute atomic E-state index is 0.0389. The maximum absolute atomic E-state index is 12.4. The Labute approximate surface area is 127 Å². The first kappa shape index (κ1) is 13.4. The third kappa shape index (κ3) is 2.52. The molecule has 1 saturated carbocycles. The second-order valence-corrected chi connectivity index (χ2v) is 6.20. The molecule has 0 saturated heterocycles. The molecule has 4 heteroatoms. The first-order valence-corrected chi connectivity index (χ1v) is 7.60. The summed E-state index contributed by atoms with van der Waals surface area (Å²) >= 11 is 3.54. The molecule has 0 unspecified atom stereocenters. The van der Waals surface area contributed by atoms with Crippen LogP contribution >= 0.6 is 15.9 Å². The molecule has 1 fully saturated rings. The summed E-state index contributed by atoms with van der Waals surface area (Å²) in [5.74, 6) is -0.0389. The number of hydrogen-bond donors (Lipinski definition) is 1. The number of nitrogens with zero attached hydrogens (tertiary/aromatic N) is 1. The standard InChI is InChI=1S/C16H17BrN2O/c1-10-8-12(9-11(2)15(10)17)18-16(20)14-4-3-7-19(14)13-5-6-13/h3-4,7-9,13H,5-6H2,1-2H3,(H,18,20). The van der Waals surface area contributed by atoms with Crippen LogP contribution in [0.4, 0.5) is 5.69 Å². The fourth-order valence-corrected chi connectivity index (χ4v) is 2.70.